The SMILES string of the molecule is CCc1ncc(CCN)cn1. The van der Waals surface area contributed by atoms with E-state index < -0.39 is 0 Å². The normalized spacial score (nSPS) is 10.0. The van der Waals surface area contributed by atoms with Crippen LogP contribution in [0.4, 0.5) is 0 Å². The predicted octanol–water partition coefficient (Wildman–Crippen LogP) is 0.540. The second-order valence-corrected chi connectivity index (χ2v) is 2.40. The summed E-state index contributed by atoms with van der Waals surface area (Å²) in [6.45, 7) is 2.70. The van der Waals surface area contributed by atoms with Crippen LogP contribution in [0.3, 0.4) is 0 Å². The molecule has 0 unspecified atom stereocenters. The van der Waals surface area contributed by atoms with Gasteiger partial charge in [0, 0.05) is 18.8 Å². The third-order valence-corrected chi connectivity index (χ3v) is 1.51. The van der Waals surface area contributed by atoms with Crippen LogP contribution >= 0.6 is 0 Å². The van der Waals surface area contributed by atoms with Crippen molar-refractivity contribution in [2.45, 2.75) is 19.8 Å². The van der Waals surface area contributed by atoms with Gasteiger partial charge in [-0.15, -0.1) is 0 Å². The molecule has 3 nitrogen and oxygen atoms in total. The Balaban J connectivity index is 2.66. The van der Waals surface area contributed by atoms with E-state index in [-0.39, 0.29) is 0 Å². The van der Waals surface area contributed by atoms with Crippen molar-refractivity contribution in [3.63, 3.8) is 0 Å². The van der Waals surface area contributed by atoms with Crippen molar-refractivity contribution in [1.29, 1.82) is 0 Å². The van der Waals surface area contributed by atoms with Gasteiger partial charge in [-0.1, -0.05) is 6.92 Å². The molecule has 0 aliphatic carbocycles. The van der Waals surface area contributed by atoms with Gasteiger partial charge in [-0.05, 0) is 18.5 Å². The second-order valence-electron chi connectivity index (χ2n) is 2.40. The quantitative estimate of drug-likeness (QED) is 0.686. The van der Waals surface area contributed by atoms with E-state index in [0.717, 1.165) is 24.2 Å². The molecule has 0 fully saturated rings. The molecule has 0 atom stereocenters. The first-order valence-electron chi connectivity index (χ1n) is 3.86. The Bertz CT molecular complexity index is 205. The lowest BCUT2D eigenvalue weighted by Gasteiger charge is -1.97. The van der Waals surface area contributed by atoms with Crippen LogP contribution in [-0.4, -0.2) is 16.5 Å². The first kappa shape index (κ1) is 8.14. The van der Waals surface area contributed by atoms with Gasteiger partial charge in [0.2, 0.25) is 0 Å². The number of nitrogens with two attached hydrogens (primary N) is 1. The molecule has 2 N–H and O–H groups in total. The van der Waals surface area contributed by atoms with Crippen LogP contribution in [0.1, 0.15) is 18.3 Å². The first-order valence-corrected chi connectivity index (χ1v) is 3.86. The average Bonchev–Trinajstić information content (AvgIpc) is 2.07. The van der Waals surface area contributed by atoms with Crippen molar-refractivity contribution in [2.24, 2.45) is 5.73 Å². The van der Waals surface area contributed by atoms with E-state index >= 15 is 0 Å². The Labute approximate surface area is 66.7 Å². The monoisotopic (exact) mass is 151 g/mol. The highest BCUT2D eigenvalue weighted by atomic mass is 14.9. The predicted molar refractivity (Wildman–Crippen MR) is 44.2 cm³/mol. The van der Waals surface area contributed by atoms with Gasteiger partial charge < -0.3 is 5.73 Å². The van der Waals surface area contributed by atoms with Gasteiger partial charge in [0.25, 0.3) is 0 Å². The largest absolute Gasteiger partial charge is 0.330 e. The van der Waals surface area contributed by atoms with E-state index in [4.69, 9.17) is 5.73 Å². The molecular formula is C8H13N3. The number of hydrogen-bond donors (Lipinski definition) is 1. The van der Waals surface area contributed by atoms with Gasteiger partial charge in [0.1, 0.15) is 5.82 Å². The molecule has 1 heterocycles. The van der Waals surface area contributed by atoms with Crippen molar-refractivity contribution in [3.05, 3.63) is 23.8 Å². The van der Waals surface area contributed by atoms with Gasteiger partial charge in [0.05, 0.1) is 0 Å². The molecule has 0 radical (unpaired) electrons. The number of hydrogen-bond acceptors (Lipinski definition) is 3. The average molecular weight is 151 g/mol. The molecule has 0 bridgehead atoms. The minimum atomic E-state index is 0.662. The molecule has 0 aromatic carbocycles. The Morgan fingerprint density at radius 2 is 2.00 bits per heavy atom. The number of rotatable bonds is 3. The summed E-state index contributed by atoms with van der Waals surface area (Å²) < 4.78 is 0. The fourth-order valence-corrected chi connectivity index (χ4v) is 0.860. The lowest BCUT2D eigenvalue weighted by Crippen LogP contribution is -2.04. The summed E-state index contributed by atoms with van der Waals surface area (Å²) in [5, 5.41) is 0. The van der Waals surface area contributed by atoms with Crippen LogP contribution < -0.4 is 5.73 Å². The van der Waals surface area contributed by atoms with Crippen LogP contribution in [0.5, 0.6) is 0 Å². The van der Waals surface area contributed by atoms with Crippen LogP contribution in [-0.2, 0) is 12.8 Å². The first-order chi connectivity index (χ1) is 5.36. The Morgan fingerprint density at radius 1 is 1.36 bits per heavy atom. The van der Waals surface area contributed by atoms with Crippen LogP contribution in [0.25, 0.3) is 0 Å². The molecule has 60 valence electrons. The van der Waals surface area contributed by atoms with Crippen LogP contribution in [0.15, 0.2) is 12.4 Å². The maximum atomic E-state index is 5.38. The summed E-state index contributed by atoms with van der Waals surface area (Å²) in [6, 6.07) is 0. The van der Waals surface area contributed by atoms with Gasteiger partial charge in [-0.3, -0.25) is 0 Å². The fraction of sp³-hybridized carbons (Fsp3) is 0.500. The topological polar surface area (TPSA) is 51.8 Å². The maximum Gasteiger partial charge on any atom is 0.127 e. The summed E-state index contributed by atoms with van der Waals surface area (Å²) in [5.41, 5.74) is 6.49. The Hall–Kier alpha value is -0.960. The fourth-order valence-electron chi connectivity index (χ4n) is 0.860. The molecule has 3 heteroatoms. The second kappa shape index (κ2) is 4.03. The van der Waals surface area contributed by atoms with E-state index in [0.29, 0.717) is 6.54 Å². The summed E-state index contributed by atoms with van der Waals surface area (Å²) in [6.07, 6.45) is 5.45. The molecule has 1 aromatic rings. The Kier molecular flexibility index (Phi) is 2.98. The van der Waals surface area contributed by atoms with Crippen molar-refractivity contribution in [3.8, 4) is 0 Å². The molecule has 0 spiro atoms. The molecular weight excluding hydrogens is 138 g/mol. The summed E-state index contributed by atoms with van der Waals surface area (Å²) >= 11 is 0. The van der Waals surface area contributed by atoms with Gasteiger partial charge >= 0.3 is 0 Å². The van der Waals surface area contributed by atoms with E-state index in [1.165, 1.54) is 0 Å². The molecule has 1 aromatic heterocycles. The van der Waals surface area contributed by atoms with Gasteiger partial charge in [-0.2, -0.15) is 0 Å². The molecule has 0 aliphatic rings. The van der Waals surface area contributed by atoms with Crippen molar-refractivity contribution >= 4 is 0 Å². The lowest BCUT2D eigenvalue weighted by molar-refractivity contribution is 0.889. The Morgan fingerprint density at radius 3 is 2.45 bits per heavy atom. The maximum absolute atomic E-state index is 5.38. The minimum absolute atomic E-state index is 0.662. The third kappa shape index (κ3) is 2.27. The summed E-state index contributed by atoms with van der Waals surface area (Å²) in [4.78, 5) is 8.30. The zero-order valence-corrected chi connectivity index (χ0v) is 6.75. The minimum Gasteiger partial charge on any atom is -0.330 e. The smallest absolute Gasteiger partial charge is 0.127 e. The molecule has 0 saturated heterocycles. The summed E-state index contributed by atoms with van der Waals surface area (Å²) in [5.74, 6) is 0.894. The van der Waals surface area contributed by atoms with Crippen LogP contribution in [0, 0.1) is 0 Å². The van der Waals surface area contributed by atoms with E-state index in [2.05, 4.69) is 9.97 Å². The van der Waals surface area contributed by atoms with Gasteiger partial charge in [0.15, 0.2) is 0 Å². The highest BCUT2D eigenvalue weighted by molar-refractivity contribution is 5.05. The number of nitrogens with zero attached hydrogens (tertiary/aromatic N) is 2. The van der Waals surface area contributed by atoms with Crippen molar-refractivity contribution in [2.75, 3.05) is 6.54 Å². The standard InChI is InChI=1S/C8H13N3/c1-2-8-10-5-7(3-4-9)6-11-8/h5-6H,2-4,9H2,1H3. The van der Waals surface area contributed by atoms with E-state index in [9.17, 15) is 0 Å². The van der Waals surface area contributed by atoms with E-state index in [1.54, 1.807) is 0 Å². The van der Waals surface area contributed by atoms with Crippen molar-refractivity contribution in [1.82, 2.24) is 9.97 Å². The summed E-state index contributed by atoms with van der Waals surface area (Å²) in [7, 11) is 0. The third-order valence-electron chi connectivity index (χ3n) is 1.51. The molecule has 0 saturated carbocycles. The van der Waals surface area contributed by atoms with Gasteiger partial charge in [-0.25, -0.2) is 9.97 Å². The lowest BCUT2D eigenvalue weighted by atomic mass is 10.2. The zero-order chi connectivity index (χ0) is 8.10. The van der Waals surface area contributed by atoms with Crippen molar-refractivity contribution < 1.29 is 0 Å². The van der Waals surface area contributed by atoms with Crippen LogP contribution in [0.2, 0.25) is 0 Å². The molecule has 1 rings (SSSR count). The zero-order valence-electron chi connectivity index (χ0n) is 6.75. The number of aromatic nitrogens is 2. The molecule has 0 amide bonds. The number of aryl methyl sites for hydroxylation is 1. The van der Waals surface area contributed by atoms with E-state index in [1.807, 2.05) is 19.3 Å². The molecule has 0 aliphatic heterocycles. The molecule has 11 heavy (non-hydrogen) atoms. The highest BCUT2D eigenvalue weighted by Gasteiger charge is 1.93. The highest BCUT2D eigenvalue weighted by Crippen LogP contribution is 1.96.